The predicted octanol–water partition coefficient (Wildman–Crippen LogP) is 4.52. The van der Waals surface area contributed by atoms with Gasteiger partial charge in [0, 0.05) is 25.3 Å². The van der Waals surface area contributed by atoms with Crippen LogP contribution >= 0.6 is 0 Å². The van der Waals surface area contributed by atoms with Crippen molar-refractivity contribution in [2.45, 2.75) is 19.3 Å². The number of hydrogen-bond donors (Lipinski definition) is 0. The number of amides is 2. The summed E-state index contributed by atoms with van der Waals surface area (Å²) in [6, 6.07) is 12.6. The van der Waals surface area contributed by atoms with E-state index in [4.69, 9.17) is 0 Å². The summed E-state index contributed by atoms with van der Waals surface area (Å²) in [4.78, 5) is 16.4. The van der Waals surface area contributed by atoms with E-state index < -0.39 is 0 Å². The fourth-order valence-electron chi connectivity index (χ4n) is 3.92. The van der Waals surface area contributed by atoms with Gasteiger partial charge in [0.15, 0.2) is 0 Å². The molecule has 0 aliphatic carbocycles. The number of nitriles is 1. The van der Waals surface area contributed by atoms with E-state index in [1.807, 2.05) is 0 Å². The first-order chi connectivity index (χ1) is 13.6. The Morgan fingerprint density at radius 1 is 0.929 bits per heavy atom. The lowest BCUT2D eigenvalue weighted by atomic mass is 9.94. The standard InChI is InChI=1S/C22H19F2N3O/c23-18-3-1-15(2-4-18)20(14-25)16-7-10-26(11-8-16)22(28)27-12-9-17-13-19(24)5-6-21(17)27/h1-6,13H,7-12H2. The Kier molecular flexibility index (Phi) is 4.82. The maximum atomic E-state index is 13.4. The zero-order valence-corrected chi connectivity index (χ0v) is 15.3. The molecule has 0 bridgehead atoms. The predicted molar refractivity (Wildman–Crippen MR) is 103 cm³/mol. The van der Waals surface area contributed by atoms with Crippen LogP contribution in [0.2, 0.25) is 0 Å². The van der Waals surface area contributed by atoms with Crippen LogP contribution in [-0.4, -0.2) is 30.6 Å². The highest BCUT2D eigenvalue weighted by Gasteiger charge is 2.30. The van der Waals surface area contributed by atoms with Gasteiger partial charge < -0.3 is 4.90 Å². The van der Waals surface area contributed by atoms with E-state index >= 15 is 0 Å². The molecule has 0 saturated carbocycles. The van der Waals surface area contributed by atoms with Crippen molar-refractivity contribution < 1.29 is 13.6 Å². The summed E-state index contributed by atoms with van der Waals surface area (Å²) < 4.78 is 26.5. The van der Waals surface area contributed by atoms with Crippen LogP contribution in [0, 0.1) is 23.0 Å². The number of fused-ring (bicyclic) bond motifs is 1. The first-order valence-electron chi connectivity index (χ1n) is 9.30. The van der Waals surface area contributed by atoms with Gasteiger partial charge in [0.1, 0.15) is 11.6 Å². The monoisotopic (exact) mass is 379 g/mol. The Morgan fingerprint density at radius 3 is 2.29 bits per heavy atom. The van der Waals surface area contributed by atoms with Gasteiger partial charge in [0.05, 0.1) is 11.6 Å². The number of benzene rings is 2. The molecule has 4 nitrogen and oxygen atoms in total. The van der Waals surface area contributed by atoms with Crippen molar-refractivity contribution in [1.29, 1.82) is 5.26 Å². The highest BCUT2D eigenvalue weighted by atomic mass is 19.1. The van der Waals surface area contributed by atoms with Gasteiger partial charge in [-0.1, -0.05) is 12.1 Å². The maximum absolute atomic E-state index is 13.4. The lowest BCUT2D eigenvalue weighted by Gasteiger charge is -2.32. The van der Waals surface area contributed by atoms with Crippen LogP contribution in [0.1, 0.15) is 24.0 Å². The van der Waals surface area contributed by atoms with Crippen molar-refractivity contribution in [2.24, 2.45) is 0 Å². The molecular weight excluding hydrogens is 360 g/mol. The number of carbonyl (C=O) groups is 1. The Hall–Kier alpha value is -3.20. The molecule has 0 aromatic heterocycles. The van der Waals surface area contributed by atoms with Gasteiger partial charge >= 0.3 is 6.03 Å². The minimum absolute atomic E-state index is 0.0790. The van der Waals surface area contributed by atoms with Crippen LogP contribution in [0.5, 0.6) is 0 Å². The summed E-state index contributed by atoms with van der Waals surface area (Å²) in [5, 5.41) is 9.56. The Morgan fingerprint density at radius 2 is 1.61 bits per heavy atom. The van der Waals surface area contributed by atoms with Gasteiger partial charge in [-0.2, -0.15) is 5.26 Å². The third-order valence-corrected chi connectivity index (χ3v) is 5.40. The summed E-state index contributed by atoms with van der Waals surface area (Å²) >= 11 is 0. The Bertz CT molecular complexity index is 982. The van der Waals surface area contributed by atoms with E-state index in [9.17, 15) is 18.8 Å². The quantitative estimate of drug-likeness (QED) is 0.684. The van der Waals surface area contributed by atoms with E-state index in [0.29, 0.717) is 50.0 Å². The molecular formula is C22H19F2N3O. The average Bonchev–Trinajstić information content (AvgIpc) is 3.13. The maximum Gasteiger partial charge on any atom is 0.324 e. The highest BCUT2D eigenvalue weighted by molar-refractivity contribution is 5.94. The second-order valence-electron chi connectivity index (χ2n) is 7.04. The normalized spacial score (nSPS) is 16.0. The molecule has 2 aromatic rings. The molecule has 0 unspecified atom stereocenters. The third kappa shape index (κ3) is 3.36. The van der Waals surface area contributed by atoms with Crippen molar-refractivity contribution in [3.8, 4) is 6.07 Å². The van der Waals surface area contributed by atoms with Gasteiger partial charge in [0.2, 0.25) is 0 Å². The van der Waals surface area contributed by atoms with E-state index in [1.165, 1.54) is 24.3 Å². The first-order valence-corrected chi connectivity index (χ1v) is 9.30. The van der Waals surface area contributed by atoms with E-state index in [2.05, 4.69) is 6.07 Å². The second kappa shape index (κ2) is 7.43. The second-order valence-corrected chi connectivity index (χ2v) is 7.04. The molecule has 142 valence electrons. The van der Waals surface area contributed by atoms with Crippen LogP contribution in [0.15, 0.2) is 48.0 Å². The molecule has 1 saturated heterocycles. The van der Waals surface area contributed by atoms with Crippen LogP contribution in [0.4, 0.5) is 19.3 Å². The Balaban J connectivity index is 1.48. The molecule has 0 atom stereocenters. The van der Waals surface area contributed by atoms with Crippen LogP contribution in [0.25, 0.3) is 5.57 Å². The average molecular weight is 379 g/mol. The molecule has 2 aliphatic heterocycles. The summed E-state index contributed by atoms with van der Waals surface area (Å²) in [6.07, 6.45) is 1.87. The van der Waals surface area contributed by atoms with Gasteiger partial charge in [-0.25, -0.2) is 13.6 Å². The van der Waals surface area contributed by atoms with Crippen LogP contribution in [-0.2, 0) is 6.42 Å². The number of likely N-dealkylation sites (tertiary alicyclic amines) is 1. The molecule has 28 heavy (non-hydrogen) atoms. The molecule has 2 amide bonds. The largest absolute Gasteiger partial charge is 0.324 e. The Labute approximate surface area is 162 Å². The van der Waals surface area contributed by atoms with Gasteiger partial charge in [0.25, 0.3) is 0 Å². The molecule has 1 fully saturated rings. The molecule has 2 aromatic carbocycles. The third-order valence-electron chi connectivity index (χ3n) is 5.40. The lowest BCUT2D eigenvalue weighted by Crippen LogP contribution is -2.45. The molecule has 2 heterocycles. The van der Waals surface area contributed by atoms with Gasteiger partial charge in [-0.15, -0.1) is 0 Å². The van der Waals surface area contributed by atoms with Crippen molar-refractivity contribution in [3.63, 3.8) is 0 Å². The van der Waals surface area contributed by atoms with Crippen LogP contribution < -0.4 is 4.90 Å². The smallest absolute Gasteiger partial charge is 0.324 e. The minimum atomic E-state index is -0.336. The summed E-state index contributed by atoms with van der Waals surface area (Å²) in [5.41, 5.74) is 3.89. The van der Waals surface area contributed by atoms with E-state index in [-0.39, 0.29) is 17.7 Å². The fraction of sp³-hybridized carbons (Fsp3) is 0.273. The molecule has 0 radical (unpaired) electrons. The number of urea groups is 1. The zero-order valence-electron chi connectivity index (χ0n) is 15.3. The summed E-state index contributed by atoms with van der Waals surface area (Å²) in [6.45, 7) is 1.59. The number of piperidine rings is 1. The SMILES string of the molecule is N#CC(=C1CCN(C(=O)N2CCc3cc(F)ccc32)CC1)c1ccc(F)cc1. The number of allylic oxidation sites excluding steroid dienone is 1. The minimum Gasteiger partial charge on any atom is -0.324 e. The lowest BCUT2D eigenvalue weighted by molar-refractivity contribution is 0.201. The summed E-state index contributed by atoms with van der Waals surface area (Å²) in [7, 11) is 0. The number of nitrogens with zero attached hydrogens (tertiary/aromatic N) is 3. The van der Waals surface area contributed by atoms with Crippen molar-refractivity contribution in [3.05, 3.63) is 70.8 Å². The molecule has 2 aliphatic rings. The molecule has 0 N–H and O–H groups in total. The number of carbonyl (C=O) groups excluding carboxylic acids is 1. The van der Waals surface area contributed by atoms with E-state index in [0.717, 1.165) is 16.8 Å². The molecule has 0 spiro atoms. The van der Waals surface area contributed by atoms with Gasteiger partial charge in [-0.3, -0.25) is 4.90 Å². The number of halogens is 2. The van der Waals surface area contributed by atoms with Crippen molar-refractivity contribution in [2.75, 3.05) is 24.5 Å². The molecule has 4 rings (SSSR count). The topological polar surface area (TPSA) is 47.3 Å². The fourth-order valence-corrected chi connectivity index (χ4v) is 3.92. The van der Waals surface area contributed by atoms with Crippen LogP contribution in [0.3, 0.4) is 0 Å². The summed E-state index contributed by atoms with van der Waals surface area (Å²) in [5.74, 6) is -0.622. The van der Waals surface area contributed by atoms with Gasteiger partial charge in [-0.05, 0) is 66.3 Å². The van der Waals surface area contributed by atoms with Crippen molar-refractivity contribution in [1.82, 2.24) is 4.90 Å². The van der Waals surface area contributed by atoms with E-state index in [1.54, 1.807) is 28.0 Å². The molecule has 6 heteroatoms. The zero-order chi connectivity index (χ0) is 19.7. The number of rotatable bonds is 1. The first kappa shape index (κ1) is 18.2. The number of anilines is 1. The van der Waals surface area contributed by atoms with Crippen molar-refractivity contribution >= 4 is 17.3 Å². The number of hydrogen-bond acceptors (Lipinski definition) is 2. The highest BCUT2D eigenvalue weighted by Crippen LogP contribution is 2.31.